The van der Waals surface area contributed by atoms with E-state index in [1.807, 2.05) is 0 Å². The van der Waals surface area contributed by atoms with Crippen LogP contribution in [-0.4, -0.2) is 59.9 Å². The van der Waals surface area contributed by atoms with Crippen molar-refractivity contribution in [3.63, 3.8) is 0 Å². The maximum Gasteiger partial charge on any atom is 0.377 e. The average Bonchev–Trinajstić information content (AvgIpc) is 3.01. The highest BCUT2D eigenvalue weighted by atomic mass is 19.3. The number of hydrogen-bond acceptors (Lipinski definition) is 8. The molecule has 0 saturated heterocycles. The van der Waals surface area contributed by atoms with E-state index in [1.54, 1.807) is 0 Å². The van der Waals surface area contributed by atoms with E-state index in [2.05, 4.69) is 18.6 Å². The molecule has 0 heterocycles. The highest BCUT2D eigenvalue weighted by Crippen LogP contribution is 2.62. The van der Waals surface area contributed by atoms with Gasteiger partial charge in [0.1, 0.15) is 11.2 Å². The highest BCUT2D eigenvalue weighted by molar-refractivity contribution is 5.82. The third-order valence-electron chi connectivity index (χ3n) is 12.7. The average molecular weight is 699 g/mol. The molecule has 8 aliphatic carbocycles. The summed E-state index contributed by atoms with van der Waals surface area (Å²) in [6.07, 6.45) is 16.3. The number of halogens is 3. The largest absolute Gasteiger partial charge is 0.456 e. The number of hydrogen-bond donors (Lipinski definition) is 0. The normalized spacial score (nSPS) is 36.8. The van der Waals surface area contributed by atoms with E-state index in [9.17, 15) is 32.3 Å². The van der Waals surface area contributed by atoms with Gasteiger partial charge in [-0.2, -0.15) is 8.78 Å². The van der Waals surface area contributed by atoms with Crippen molar-refractivity contribution >= 4 is 23.9 Å². The van der Waals surface area contributed by atoms with Gasteiger partial charge in [0, 0.05) is 6.92 Å². The Morgan fingerprint density at radius 2 is 0.939 bits per heavy atom. The second-order valence-corrected chi connectivity index (χ2v) is 16.8. The fraction of sp³-hybridized carbons (Fsp3) is 0.895. The molecule has 0 aromatic carbocycles. The summed E-state index contributed by atoms with van der Waals surface area (Å²) in [5, 5.41) is 0. The fourth-order valence-corrected chi connectivity index (χ4v) is 11.1. The molecule has 49 heavy (non-hydrogen) atoms. The van der Waals surface area contributed by atoms with Crippen LogP contribution in [0.1, 0.15) is 131 Å². The molecule has 8 rings (SSSR count). The van der Waals surface area contributed by atoms with Crippen LogP contribution in [0.4, 0.5) is 13.2 Å². The minimum absolute atomic E-state index is 0.362. The van der Waals surface area contributed by atoms with E-state index >= 15 is 0 Å². The summed E-state index contributed by atoms with van der Waals surface area (Å²) in [5.41, 5.74) is -2.97. The molecule has 278 valence electrons. The maximum absolute atomic E-state index is 13.5. The molecule has 8 bridgehead atoms. The van der Waals surface area contributed by atoms with E-state index in [-0.39, 0.29) is 0 Å². The monoisotopic (exact) mass is 698 g/mol. The van der Waals surface area contributed by atoms with Crippen molar-refractivity contribution in [3.8, 4) is 0 Å². The Morgan fingerprint density at radius 1 is 0.571 bits per heavy atom. The summed E-state index contributed by atoms with van der Waals surface area (Å²) in [7, 11) is 0. The second-order valence-electron chi connectivity index (χ2n) is 16.8. The molecule has 0 aliphatic heterocycles. The summed E-state index contributed by atoms with van der Waals surface area (Å²) in [6.45, 7) is 5.70. The van der Waals surface area contributed by atoms with Crippen LogP contribution in [0.15, 0.2) is 0 Å². The zero-order chi connectivity index (χ0) is 35.8. The number of alkyl halides is 3. The predicted octanol–water partition coefficient (Wildman–Crippen LogP) is 7.93. The first-order valence-corrected chi connectivity index (χ1v) is 18.8. The van der Waals surface area contributed by atoms with Gasteiger partial charge in [-0.15, -0.1) is 0 Å². The molecule has 0 amide bonds. The van der Waals surface area contributed by atoms with Crippen molar-refractivity contribution in [2.45, 2.75) is 154 Å². The molecular formula is C38H57F3O8. The van der Waals surface area contributed by atoms with Gasteiger partial charge in [0.2, 0.25) is 5.67 Å². The van der Waals surface area contributed by atoms with Crippen molar-refractivity contribution in [2.75, 3.05) is 13.2 Å². The summed E-state index contributed by atoms with van der Waals surface area (Å²) in [5.74, 6) is -2.85. The highest BCUT2D eigenvalue weighted by Gasteiger charge is 2.60. The standard InChI is InChI=1S/C20H31FO4.C18H26F2O4/c1-4-5-6-20(25-17(22)12-24-18(23)19(2,3)21)15-8-13-7-14(10-15)11-16(20)9-13;1-3-4-18(24-15(21)10-23-16(22)17(2,19)20)13-6-11-5-12(8-13)9-14(18)7-11/h13-16H,4-12H2,1-3H3;11-14H,3-10H2,1-2H3. The van der Waals surface area contributed by atoms with Gasteiger partial charge < -0.3 is 18.9 Å². The second kappa shape index (κ2) is 14.7. The van der Waals surface area contributed by atoms with Crippen molar-refractivity contribution in [1.82, 2.24) is 0 Å². The molecule has 0 N–H and O–H groups in total. The number of rotatable bonds is 13. The molecule has 0 unspecified atom stereocenters. The number of ether oxygens (including phenoxy) is 4. The molecule has 0 atom stereocenters. The molecule has 0 aromatic heterocycles. The Hall–Kier alpha value is -2.33. The Bertz CT molecular complexity index is 1160. The molecule has 8 fully saturated rings. The first-order valence-electron chi connectivity index (χ1n) is 18.8. The summed E-state index contributed by atoms with van der Waals surface area (Å²) in [6, 6.07) is 0. The molecule has 8 saturated carbocycles. The van der Waals surface area contributed by atoms with Crippen LogP contribution in [0.5, 0.6) is 0 Å². The number of unbranched alkanes of at least 4 members (excludes halogenated alkanes) is 1. The molecule has 0 aromatic rings. The van der Waals surface area contributed by atoms with E-state index in [0.717, 1.165) is 121 Å². The van der Waals surface area contributed by atoms with Crippen LogP contribution in [0.25, 0.3) is 0 Å². The molecule has 11 heteroatoms. The lowest BCUT2D eigenvalue weighted by molar-refractivity contribution is -0.217. The van der Waals surface area contributed by atoms with Gasteiger partial charge in [-0.1, -0.05) is 26.7 Å². The zero-order valence-electron chi connectivity index (χ0n) is 30.0. The first kappa shape index (κ1) is 37.9. The Labute approximate surface area is 289 Å². The predicted molar refractivity (Wildman–Crippen MR) is 174 cm³/mol. The van der Waals surface area contributed by atoms with Crippen LogP contribution in [0, 0.1) is 47.3 Å². The summed E-state index contributed by atoms with van der Waals surface area (Å²) >= 11 is 0. The van der Waals surface area contributed by atoms with Crippen molar-refractivity contribution < 1.29 is 51.3 Å². The van der Waals surface area contributed by atoms with Gasteiger partial charge >= 0.3 is 29.8 Å². The Morgan fingerprint density at radius 3 is 1.27 bits per heavy atom. The van der Waals surface area contributed by atoms with Gasteiger partial charge in [0.05, 0.1) is 0 Å². The molecule has 8 aliphatic rings. The lowest BCUT2D eigenvalue weighted by atomic mass is 9.49. The maximum atomic E-state index is 13.5. The van der Waals surface area contributed by atoms with Crippen LogP contribution in [0.3, 0.4) is 0 Å². The van der Waals surface area contributed by atoms with Crippen LogP contribution in [-0.2, 0) is 38.1 Å². The Balaban J connectivity index is 0.000000191. The van der Waals surface area contributed by atoms with Gasteiger partial charge in [0.15, 0.2) is 13.2 Å². The van der Waals surface area contributed by atoms with Crippen LogP contribution < -0.4 is 0 Å². The van der Waals surface area contributed by atoms with E-state index < -0.39 is 59.9 Å². The smallest absolute Gasteiger partial charge is 0.377 e. The lowest BCUT2D eigenvalue weighted by Gasteiger charge is -2.60. The molecule has 0 radical (unpaired) electrons. The van der Waals surface area contributed by atoms with Crippen LogP contribution in [0.2, 0.25) is 0 Å². The minimum Gasteiger partial charge on any atom is -0.456 e. The first-order chi connectivity index (χ1) is 23.0. The van der Waals surface area contributed by atoms with Gasteiger partial charge in [-0.25, -0.2) is 23.6 Å². The van der Waals surface area contributed by atoms with Crippen molar-refractivity contribution in [3.05, 3.63) is 0 Å². The molecule has 0 spiro atoms. The van der Waals surface area contributed by atoms with Crippen LogP contribution >= 0.6 is 0 Å². The van der Waals surface area contributed by atoms with Crippen molar-refractivity contribution in [1.29, 1.82) is 0 Å². The van der Waals surface area contributed by atoms with Gasteiger partial charge in [0.25, 0.3) is 0 Å². The zero-order valence-corrected chi connectivity index (χ0v) is 30.0. The summed E-state index contributed by atoms with van der Waals surface area (Å²) < 4.78 is 60.3. The molecule has 8 nitrogen and oxygen atoms in total. The fourth-order valence-electron chi connectivity index (χ4n) is 11.1. The third-order valence-corrected chi connectivity index (χ3v) is 12.7. The summed E-state index contributed by atoms with van der Waals surface area (Å²) in [4.78, 5) is 47.3. The van der Waals surface area contributed by atoms with E-state index in [0.29, 0.717) is 30.6 Å². The van der Waals surface area contributed by atoms with Gasteiger partial charge in [-0.3, -0.25) is 0 Å². The third kappa shape index (κ3) is 8.26. The number of carbonyl (C=O) groups excluding carboxylic acids is 4. The SMILES string of the molecule is CCCC1(OC(=O)COC(=O)C(C)(F)F)C2CC3CC(C2)CC1C3.CCCCC1(OC(=O)COC(=O)C(C)(C)F)C2CC3CC(C2)CC1C3. The number of carbonyl (C=O) groups is 4. The minimum atomic E-state index is -3.59. The quantitative estimate of drug-likeness (QED) is 0.141. The topological polar surface area (TPSA) is 105 Å². The Kier molecular flexibility index (Phi) is 11.4. The molecular weight excluding hydrogens is 641 g/mol. The number of esters is 4. The van der Waals surface area contributed by atoms with Crippen molar-refractivity contribution in [2.24, 2.45) is 47.3 Å². The van der Waals surface area contributed by atoms with E-state index in [4.69, 9.17) is 14.2 Å². The lowest BCUT2D eigenvalue weighted by Crippen LogP contribution is -2.60. The van der Waals surface area contributed by atoms with E-state index in [1.165, 1.54) is 12.8 Å². The van der Waals surface area contributed by atoms with Gasteiger partial charge in [-0.05, 0) is 145 Å².